The third kappa shape index (κ3) is 2.23. The molecule has 80 valence electrons. The van der Waals surface area contributed by atoms with Crippen LogP contribution in [0.3, 0.4) is 0 Å². The number of hydrogen-bond donors (Lipinski definition) is 1. The molecule has 3 nitrogen and oxygen atoms in total. The molecule has 0 bridgehead atoms. The maximum atomic E-state index is 10.9. The monoisotopic (exact) mass is 215 g/mol. The van der Waals surface area contributed by atoms with Gasteiger partial charge in [0.25, 0.3) is 0 Å². The summed E-state index contributed by atoms with van der Waals surface area (Å²) >= 11 is 2.00. The van der Waals surface area contributed by atoms with Gasteiger partial charge in [-0.25, -0.2) is 0 Å². The molecule has 0 amide bonds. The third-order valence-corrected chi connectivity index (χ3v) is 4.37. The highest BCUT2D eigenvalue weighted by molar-refractivity contribution is 7.99. The Morgan fingerprint density at radius 1 is 1.43 bits per heavy atom. The predicted molar refractivity (Wildman–Crippen MR) is 57.7 cm³/mol. The Balaban J connectivity index is 1.89. The van der Waals surface area contributed by atoms with E-state index in [1.807, 2.05) is 11.8 Å². The number of thioether (sulfide) groups is 1. The molecular weight excluding hydrogens is 198 g/mol. The van der Waals surface area contributed by atoms with Gasteiger partial charge in [-0.05, 0) is 31.6 Å². The van der Waals surface area contributed by atoms with E-state index in [2.05, 4.69) is 4.90 Å². The lowest BCUT2D eigenvalue weighted by atomic mass is 9.97. The summed E-state index contributed by atoms with van der Waals surface area (Å²) in [6.45, 7) is 1.88. The first-order chi connectivity index (χ1) is 6.77. The Hall–Kier alpha value is -0.220. The Morgan fingerprint density at radius 3 is 2.93 bits per heavy atom. The van der Waals surface area contributed by atoms with Crippen molar-refractivity contribution in [3.8, 4) is 0 Å². The Morgan fingerprint density at radius 2 is 2.29 bits per heavy atom. The number of carbonyl (C=O) groups is 1. The molecule has 2 saturated heterocycles. The van der Waals surface area contributed by atoms with Crippen molar-refractivity contribution in [3.05, 3.63) is 0 Å². The van der Waals surface area contributed by atoms with Gasteiger partial charge in [0, 0.05) is 18.3 Å². The van der Waals surface area contributed by atoms with Crippen LogP contribution in [0.2, 0.25) is 0 Å². The van der Waals surface area contributed by atoms with Crippen LogP contribution in [-0.2, 0) is 4.79 Å². The van der Waals surface area contributed by atoms with E-state index in [0.29, 0.717) is 6.04 Å². The molecule has 2 rings (SSSR count). The van der Waals surface area contributed by atoms with Crippen LogP contribution in [0.4, 0.5) is 0 Å². The second kappa shape index (κ2) is 4.53. The van der Waals surface area contributed by atoms with Crippen LogP contribution in [0.1, 0.15) is 19.3 Å². The molecule has 0 aliphatic carbocycles. The van der Waals surface area contributed by atoms with Crippen molar-refractivity contribution in [2.24, 2.45) is 5.92 Å². The number of aliphatic carboxylic acids is 1. The summed E-state index contributed by atoms with van der Waals surface area (Å²) in [5.41, 5.74) is 0. The van der Waals surface area contributed by atoms with Gasteiger partial charge in [-0.15, -0.1) is 0 Å². The smallest absolute Gasteiger partial charge is 0.307 e. The maximum absolute atomic E-state index is 10.9. The Kier molecular flexibility index (Phi) is 3.34. The van der Waals surface area contributed by atoms with E-state index in [0.717, 1.165) is 25.9 Å². The van der Waals surface area contributed by atoms with E-state index in [4.69, 9.17) is 5.11 Å². The van der Waals surface area contributed by atoms with Crippen molar-refractivity contribution in [1.82, 2.24) is 4.90 Å². The van der Waals surface area contributed by atoms with E-state index in [1.54, 1.807) is 0 Å². The quantitative estimate of drug-likeness (QED) is 0.753. The maximum Gasteiger partial charge on any atom is 0.307 e. The van der Waals surface area contributed by atoms with Crippen LogP contribution in [-0.4, -0.2) is 46.6 Å². The molecule has 0 spiro atoms. The summed E-state index contributed by atoms with van der Waals surface area (Å²) in [6, 6.07) is 0.655. The van der Waals surface area contributed by atoms with Gasteiger partial charge in [-0.2, -0.15) is 11.8 Å². The SMILES string of the molecule is O=C(O)[C@H]1CCCN([C@H]2CCSC2)C1. The van der Waals surface area contributed by atoms with Gasteiger partial charge < -0.3 is 5.11 Å². The summed E-state index contributed by atoms with van der Waals surface area (Å²) in [4.78, 5) is 13.3. The van der Waals surface area contributed by atoms with Crippen molar-refractivity contribution in [3.63, 3.8) is 0 Å². The van der Waals surface area contributed by atoms with E-state index in [1.165, 1.54) is 17.9 Å². The number of rotatable bonds is 2. The molecule has 2 aliphatic rings. The molecule has 2 heterocycles. The van der Waals surface area contributed by atoms with Crippen LogP contribution in [0.15, 0.2) is 0 Å². The highest BCUT2D eigenvalue weighted by Gasteiger charge is 2.30. The molecule has 0 unspecified atom stereocenters. The van der Waals surface area contributed by atoms with Gasteiger partial charge in [-0.1, -0.05) is 0 Å². The number of nitrogens with zero attached hydrogens (tertiary/aromatic N) is 1. The molecule has 2 aliphatic heterocycles. The zero-order valence-corrected chi connectivity index (χ0v) is 9.13. The predicted octanol–water partition coefficient (Wildman–Crippen LogP) is 1.29. The van der Waals surface area contributed by atoms with Crippen molar-refractivity contribution in [2.45, 2.75) is 25.3 Å². The molecule has 0 radical (unpaired) electrons. The van der Waals surface area contributed by atoms with E-state index in [-0.39, 0.29) is 5.92 Å². The molecule has 14 heavy (non-hydrogen) atoms. The summed E-state index contributed by atoms with van der Waals surface area (Å²) in [6.07, 6.45) is 3.17. The Labute approximate surface area is 88.9 Å². The molecule has 0 aromatic rings. The highest BCUT2D eigenvalue weighted by Crippen LogP contribution is 2.26. The fraction of sp³-hybridized carbons (Fsp3) is 0.900. The topological polar surface area (TPSA) is 40.5 Å². The molecule has 0 aromatic carbocycles. The van der Waals surface area contributed by atoms with Crippen LogP contribution < -0.4 is 0 Å². The Bertz CT molecular complexity index is 216. The van der Waals surface area contributed by atoms with E-state index < -0.39 is 5.97 Å². The van der Waals surface area contributed by atoms with Crippen molar-refractivity contribution in [2.75, 3.05) is 24.6 Å². The van der Waals surface area contributed by atoms with Crippen LogP contribution in [0.25, 0.3) is 0 Å². The number of carboxylic acid groups (broad SMARTS) is 1. The molecule has 2 fully saturated rings. The summed E-state index contributed by atoms with van der Waals surface area (Å²) in [5.74, 6) is 1.72. The van der Waals surface area contributed by atoms with Gasteiger partial charge >= 0.3 is 5.97 Å². The lowest BCUT2D eigenvalue weighted by Crippen LogP contribution is -2.44. The standard InChI is InChI=1S/C10H17NO2S/c12-10(13)8-2-1-4-11(6-8)9-3-5-14-7-9/h8-9H,1-7H2,(H,12,13)/t8-,9-/m0/s1. The van der Waals surface area contributed by atoms with E-state index in [9.17, 15) is 4.79 Å². The van der Waals surface area contributed by atoms with Gasteiger partial charge in [0.15, 0.2) is 0 Å². The molecule has 4 heteroatoms. The zero-order valence-electron chi connectivity index (χ0n) is 8.32. The van der Waals surface area contributed by atoms with Gasteiger partial charge in [0.2, 0.25) is 0 Å². The third-order valence-electron chi connectivity index (χ3n) is 3.22. The van der Waals surface area contributed by atoms with Gasteiger partial charge in [-0.3, -0.25) is 9.69 Å². The van der Waals surface area contributed by atoms with Crippen molar-refractivity contribution < 1.29 is 9.90 Å². The average molecular weight is 215 g/mol. The van der Waals surface area contributed by atoms with Gasteiger partial charge in [0.1, 0.15) is 0 Å². The van der Waals surface area contributed by atoms with Crippen molar-refractivity contribution in [1.29, 1.82) is 0 Å². The summed E-state index contributed by atoms with van der Waals surface area (Å²) < 4.78 is 0. The zero-order chi connectivity index (χ0) is 9.97. The molecular formula is C10H17NO2S. The number of piperidine rings is 1. The second-order valence-electron chi connectivity index (χ2n) is 4.19. The van der Waals surface area contributed by atoms with Crippen LogP contribution in [0.5, 0.6) is 0 Å². The average Bonchev–Trinajstić information content (AvgIpc) is 2.71. The van der Waals surface area contributed by atoms with E-state index >= 15 is 0 Å². The lowest BCUT2D eigenvalue weighted by molar-refractivity contribution is -0.143. The van der Waals surface area contributed by atoms with Gasteiger partial charge in [0.05, 0.1) is 5.92 Å². The molecule has 0 saturated carbocycles. The molecule has 0 aromatic heterocycles. The number of hydrogen-bond acceptors (Lipinski definition) is 3. The fourth-order valence-electron chi connectivity index (χ4n) is 2.35. The molecule has 2 atom stereocenters. The minimum Gasteiger partial charge on any atom is -0.481 e. The van der Waals surface area contributed by atoms with Crippen LogP contribution in [0, 0.1) is 5.92 Å². The minimum atomic E-state index is -0.611. The normalized spacial score (nSPS) is 34.6. The minimum absolute atomic E-state index is 0.116. The molecule has 1 N–H and O–H groups in total. The van der Waals surface area contributed by atoms with Crippen LogP contribution >= 0.6 is 11.8 Å². The summed E-state index contributed by atoms with van der Waals surface area (Å²) in [7, 11) is 0. The number of likely N-dealkylation sites (tertiary alicyclic amines) is 1. The fourth-order valence-corrected chi connectivity index (χ4v) is 3.60. The lowest BCUT2D eigenvalue weighted by Gasteiger charge is -2.34. The first-order valence-corrected chi connectivity index (χ1v) is 6.47. The first kappa shape index (κ1) is 10.3. The summed E-state index contributed by atoms with van der Waals surface area (Å²) in [5, 5.41) is 8.97. The second-order valence-corrected chi connectivity index (χ2v) is 5.34. The largest absolute Gasteiger partial charge is 0.481 e. The van der Waals surface area contributed by atoms with Crippen molar-refractivity contribution >= 4 is 17.7 Å². The number of carboxylic acids is 1. The highest BCUT2D eigenvalue weighted by atomic mass is 32.2. The first-order valence-electron chi connectivity index (χ1n) is 5.32.